The van der Waals surface area contributed by atoms with Crippen LogP contribution in [0.5, 0.6) is 5.75 Å². The minimum Gasteiger partial charge on any atom is -0.503 e. The van der Waals surface area contributed by atoms with Gasteiger partial charge in [-0.25, -0.2) is 8.78 Å². The normalized spacial score (nSPS) is 16.2. The molecule has 1 aliphatic rings. The second-order valence-corrected chi connectivity index (χ2v) is 9.89. The van der Waals surface area contributed by atoms with Gasteiger partial charge in [0.05, 0.1) is 31.4 Å². The van der Waals surface area contributed by atoms with Crippen molar-refractivity contribution >= 4 is 17.2 Å². The van der Waals surface area contributed by atoms with Crippen LogP contribution in [0.25, 0.3) is 10.6 Å². The zero-order valence-corrected chi connectivity index (χ0v) is 21.6. The Labute approximate surface area is 216 Å². The number of aromatic nitrogens is 3. The molecule has 0 saturated heterocycles. The highest BCUT2D eigenvalue weighted by atomic mass is 32.1. The van der Waals surface area contributed by atoms with Crippen LogP contribution in [-0.2, 0) is 15.9 Å². The maximum absolute atomic E-state index is 14.1. The maximum atomic E-state index is 14.1. The highest BCUT2D eigenvalue weighted by Gasteiger charge is 2.37. The van der Waals surface area contributed by atoms with Crippen LogP contribution < -0.4 is 5.43 Å². The first-order valence-corrected chi connectivity index (χ1v) is 12.7. The first kappa shape index (κ1) is 26.8. The van der Waals surface area contributed by atoms with Gasteiger partial charge < -0.3 is 24.0 Å². The van der Waals surface area contributed by atoms with E-state index in [1.807, 2.05) is 13.8 Å². The van der Waals surface area contributed by atoms with Crippen molar-refractivity contribution < 1.29 is 28.2 Å². The van der Waals surface area contributed by atoms with Crippen LogP contribution in [0.15, 0.2) is 29.2 Å². The van der Waals surface area contributed by atoms with E-state index >= 15 is 0 Å². The monoisotopic (exact) mass is 534 g/mol. The van der Waals surface area contributed by atoms with Crippen LogP contribution in [0.2, 0.25) is 0 Å². The molecule has 0 unspecified atom stereocenters. The van der Waals surface area contributed by atoms with Crippen LogP contribution >= 0.6 is 11.3 Å². The van der Waals surface area contributed by atoms with Crippen molar-refractivity contribution in [3.63, 3.8) is 0 Å². The third-order valence-electron chi connectivity index (χ3n) is 6.39. The predicted molar refractivity (Wildman–Crippen MR) is 133 cm³/mol. The SMILES string of the molecule is CC[C@H](C)N1C[C@H](COCCOC)n2cc(-c3nnc(Cc4ccc(F)cc4F)s3)c(=O)c(O)c2C1=O. The van der Waals surface area contributed by atoms with Crippen molar-refractivity contribution in [1.82, 2.24) is 19.7 Å². The van der Waals surface area contributed by atoms with Crippen molar-refractivity contribution in [1.29, 1.82) is 0 Å². The summed E-state index contributed by atoms with van der Waals surface area (Å²) in [6, 6.07) is 2.80. The topological polar surface area (TPSA) is 107 Å². The number of fused-ring (bicyclic) bond motifs is 1. The summed E-state index contributed by atoms with van der Waals surface area (Å²) < 4.78 is 39.7. The van der Waals surface area contributed by atoms with Gasteiger partial charge in [-0.05, 0) is 25.0 Å². The number of nitrogens with zero attached hydrogens (tertiary/aromatic N) is 4. The summed E-state index contributed by atoms with van der Waals surface area (Å²) in [4.78, 5) is 28.1. The van der Waals surface area contributed by atoms with E-state index in [0.29, 0.717) is 31.2 Å². The number of carbonyl (C=O) groups excluding carboxylic acids is 1. The molecule has 1 N–H and O–H groups in total. The molecule has 2 atom stereocenters. The predicted octanol–water partition coefficient (Wildman–Crippen LogP) is 3.40. The molecule has 3 heterocycles. The highest BCUT2D eigenvalue weighted by molar-refractivity contribution is 7.14. The molecule has 9 nitrogen and oxygen atoms in total. The van der Waals surface area contributed by atoms with Gasteiger partial charge >= 0.3 is 0 Å². The number of benzene rings is 1. The van der Waals surface area contributed by atoms with E-state index in [-0.39, 0.29) is 46.9 Å². The lowest BCUT2D eigenvalue weighted by Gasteiger charge is -2.39. The van der Waals surface area contributed by atoms with Crippen molar-refractivity contribution in [3.8, 4) is 16.3 Å². The van der Waals surface area contributed by atoms with Crippen LogP contribution in [-0.4, -0.2) is 70.2 Å². The first-order valence-electron chi connectivity index (χ1n) is 11.9. The first-order chi connectivity index (χ1) is 17.7. The van der Waals surface area contributed by atoms with Gasteiger partial charge in [0.15, 0.2) is 16.5 Å². The Kier molecular flexibility index (Phi) is 8.30. The number of rotatable bonds is 10. The van der Waals surface area contributed by atoms with Crippen molar-refractivity contribution in [2.24, 2.45) is 0 Å². The summed E-state index contributed by atoms with van der Waals surface area (Å²) >= 11 is 1.05. The van der Waals surface area contributed by atoms with Gasteiger partial charge in [0.25, 0.3) is 5.91 Å². The summed E-state index contributed by atoms with van der Waals surface area (Å²) in [7, 11) is 1.57. The number of amides is 1. The molecular weight excluding hydrogens is 506 g/mol. The number of pyridine rings is 1. The molecule has 12 heteroatoms. The molecule has 0 aliphatic carbocycles. The van der Waals surface area contributed by atoms with Crippen molar-refractivity contribution in [2.45, 2.75) is 38.8 Å². The highest BCUT2D eigenvalue weighted by Crippen LogP contribution is 2.32. The third kappa shape index (κ3) is 5.55. The van der Waals surface area contributed by atoms with Crippen LogP contribution in [0.4, 0.5) is 8.78 Å². The van der Waals surface area contributed by atoms with Gasteiger partial charge in [0, 0.05) is 38.4 Å². The van der Waals surface area contributed by atoms with Crippen LogP contribution in [0.3, 0.4) is 0 Å². The number of carbonyl (C=O) groups is 1. The quantitative estimate of drug-likeness (QED) is 0.398. The minimum atomic E-state index is -0.750. The van der Waals surface area contributed by atoms with E-state index in [4.69, 9.17) is 9.47 Å². The number of hydrogen-bond acceptors (Lipinski definition) is 8. The number of halogens is 2. The number of methoxy groups -OCH3 is 1. The number of aromatic hydroxyl groups is 1. The summed E-state index contributed by atoms with van der Waals surface area (Å²) in [6.07, 6.45) is 2.25. The van der Waals surface area contributed by atoms with E-state index in [2.05, 4.69) is 10.2 Å². The van der Waals surface area contributed by atoms with Crippen LogP contribution in [0.1, 0.15) is 47.4 Å². The lowest BCUT2D eigenvalue weighted by atomic mass is 10.1. The van der Waals surface area contributed by atoms with Gasteiger partial charge in [-0.2, -0.15) is 0 Å². The molecular formula is C25H28F2N4O5S. The molecule has 0 fully saturated rings. The molecule has 1 amide bonds. The zero-order valence-electron chi connectivity index (χ0n) is 20.7. The smallest absolute Gasteiger partial charge is 0.274 e. The number of hydrogen-bond donors (Lipinski definition) is 1. The molecule has 0 spiro atoms. The van der Waals surface area contributed by atoms with E-state index in [9.17, 15) is 23.5 Å². The van der Waals surface area contributed by atoms with E-state index in [0.717, 1.165) is 23.5 Å². The maximum Gasteiger partial charge on any atom is 0.274 e. The Morgan fingerprint density at radius 1 is 1.24 bits per heavy atom. The fourth-order valence-corrected chi connectivity index (χ4v) is 5.03. The third-order valence-corrected chi connectivity index (χ3v) is 7.35. The summed E-state index contributed by atoms with van der Waals surface area (Å²) in [5.41, 5.74) is -0.548. The Hall–Kier alpha value is -3.22. The lowest BCUT2D eigenvalue weighted by Crippen LogP contribution is -2.49. The second-order valence-electron chi connectivity index (χ2n) is 8.83. The summed E-state index contributed by atoms with van der Waals surface area (Å²) in [5.74, 6) is -2.49. The minimum absolute atomic E-state index is 0.0559. The average Bonchev–Trinajstić information content (AvgIpc) is 3.34. The Balaban J connectivity index is 1.71. The molecule has 3 aromatic rings. The molecule has 0 saturated carbocycles. The molecule has 37 heavy (non-hydrogen) atoms. The van der Waals surface area contributed by atoms with E-state index in [1.54, 1.807) is 16.6 Å². The largest absolute Gasteiger partial charge is 0.503 e. The Morgan fingerprint density at radius 3 is 2.73 bits per heavy atom. The van der Waals surface area contributed by atoms with Crippen molar-refractivity contribution in [3.05, 3.63) is 62.5 Å². The van der Waals surface area contributed by atoms with Gasteiger partial charge in [-0.1, -0.05) is 24.3 Å². The Bertz CT molecular complexity index is 1350. The van der Waals surface area contributed by atoms with Gasteiger partial charge in [-0.15, -0.1) is 10.2 Å². The molecule has 0 bridgehead atoms. The van der Waals surface area contributed by atoms with Gasteiger partial charge in [-0.3, -0.25) is 9.59 Å². The van der Waals surface area contributed by atoms with Crippen LogP contribution in [0, 0.1) is 11.6 Å². The molecule has 0 radical (unpaired) electrons. The summed E-state index contributed by atoms with van der Waals surface area (Å²) in [6.45, 7) is 5.17. The van der Waals surface area contributed by atoms with Gasteiger partial charge in [0.1, 0.15) is 16.6 Å². The molecule has 1 aromatic carbocycles. The number of ether oxygens (including phenoxy) is 2. The second kappa shape index (κ2) is 11.4. The van der Waals surface area contributed by atoms with E-state index in [1.165, 1.54) is 12.3 Å². The summed E-state index contributed by atoms with van der Waals surface area (Å²) in [5, 5.41) is 19.6. The van der Waals surface area contributed by atoms with Gasteiger partial charge in [0.2, 0.25) is 5.43 Å². The fourth-order valence-electron chi connectivity index (χ4n) is 4.16. The molecule has 1 aliphatic heterocycles. The molecule has 4 rings (SSSR count). The Morgan fingerprint density at radius 2 is 2.03 bits per heavy atom. The zero-order chi connectivity index (χ0) is 26.7. The lowest BCUT2D eigenvalue weighted by molar-refractivity contribution is 0.0284. The molecule has 198 valence electrons. The standard InChI is InChI=1S/C25H28F2N4O5S/c1-4-14(2)30-11-17(13-36-8-7-35-3)31-12-18(22(32)23(33)21(31)25(30)34)24-29-28-20(37-24)9-15-5-6-16(26)10-19(15)27/h5-6,10,12,14,17,33H,4,7-9,11,13H2,1-3H3/t14-,17+/m0/s1. The van der Waals surface area contributed by atoms with E-state index < -0.39 is 28.7 Å². The molecule has 2 aromatic heterocycles. The fraction of sp³-hybridized carbons (Fsp3) is 0.440. The van der Waals surface area contributed by atoms with Crippen molar-refractivity contribution in [2.75, 3.05) is 33.5 Å². The average molecular weight is 535 g/mol.